The highest BCUT2D eigenvalue weighted by molar-refractivity contribution is 8.22. The van der Waals surface area contributed by atoms with E-state index in [1.807, 2.05) is 13.8 Å². The van der Waals surface area contributed by atoms with Crippen molar-refractivity contribution >= 4 is 28.4 Å². The lowest BCUT2D eigenvalue weighted by Gasteiger charge is -1.96. The molecule has 0 aromatic rings. The van der Waals surface area contributed by atoms with Gasteiger partial charge >= 0.3 is 0 Å². The highest BCUT2D eigenvalue weighted by Gasteiger charge is 1.94. The van der Waals surface area contributed by atoms with E-state index in [9.17, 15) is 0 Å². The summed E-state index contributed by atoms with van der Waals surface area (Å²) in [6, 6.07) is 0. The van der Waals surface area contributed by atoms with Gasteiger partial charge in [0.15, 0.2) is 0 Å². The van der Waals surface area contributed by atoms with Gasteiger partial charge in [-0.15, -0.1) is 0 Å². The van der Waals surface area contributed by atoms with Crippen molar-refractivity contribution in [1.29, 1.82) is 0 Å². The van der Waals surface area contributed by atoms with Gasteiger partial charge < -0.3 is 5.11 Å². The first-order valence-corrected chi connectivity index (χ1v) is 3.31. The van der Waals surface area contributed by atoms with Crippen molar-refractivity contribution in [3.63, 3.8) is 0 Å². The van der Waals surface area contributed by atoms with Crippen LogP contribution >= 0.6 is 24.0 Å². The normalized spacial score (nSPS) is 9.57. The molecule has 0 saturated carbocycles. The summed E-state index contributed by atoms with van der Waals surface area (Å²) in [5.41, 5.74) is 0. The zero-order valence-corrected chi connectivity index (χ0v) is 5.97. The van der Waals surface area contributed by atoms with E-state index < -0.39 is 0 Å². The molecule has 0 unspecified atom stereocenters. The van der Waals surface area contributed by atoms with Crippen molar-refractivity contribution in [3.8, 4) is 0 Å². The number of thiocarbonyl (C=S) groups is 1. The summed E-state index contributed by atoms with van der Waals surface area (Å²) in [6.07, 6.45) is 0. The topological polar surface area (TPSA) is 20.2 Å². The Morgan fingerprint density at radius 1 is 1.71 bits per heavy atom. The summed E-state index contributed by atoms with van der Waals surface area (Å²) < 4.78 is 0.0370. The van der Waals surface area contributed by atoms with Gasteiger partial charge in [-0.25, -0.2) is 0 Å². The zero-order valence-electron chi connectivity index (χ0n) is 4.34. The van der Waals surface area contributed by atoms with E-state index in [0.717, 1.165) is 0 Å². The van der Waals surface area contributed by atoms with Crippen LogP contribution in [0.5, 0.6) is 0 Å². The Labute approximate surface area is 53.1 Å². The molecule has 0 aromatic heterocycles. The maximum Gasteiger partial charge on any atom is 0.217 e. The zero-order chi connectivity index (χ0) is 5.86. The number of aliphatic hydroxyl groups is 1. The second-order valence-corrected chi connectivity index (χ2v) is 3.64. The van der Waals surface area contributed by atoms with E-state index in [2.05, 4.69) is 12.2 Å². The molecule has 7 heavy (non-hydrogen) atoms. The molecule has 1 nitrogen and oxygen atoms in total. The number of hydrogen-bond donors (Lipinski definition) is 1. The van der Waals surface area contributed by atoms with Gasteiger partial charge in [0.05, 0.1) is 0 Å². The molecule has 0 atom stereocenters. The van der Waals surface area contributed by atoms with Crippen molar-refractivity contribution in [1.82, 2.24) is 0 Å². The maximum atomic E-state index is 8.42. The van der Waals surface area contributed by atoms with Crippen LogP contribution in [0.3, 0.4) is 0 Å². The van der Waals surface area contributed by atoms with E-state index in [1.54, 1.807) is 0 Å². The molecule has 0 saturated heterocycles. The molecule has 0 heterocycles. The average Bonchev–Trinajstić information content (AvgIpc) is 1.27. The fourth-order valence-electron chi connectivity index (χ4n) is 0.202. The molecule has 3 heteroatoms. The maximum absolute atomic E-state index is 8.42. The first kappa shape index (κ1) is 7.24. The van der Waals surface area contributed by atoms with E-state index in [0.29, 0.717) is 5.25 Å². The third-order valence-corrected chi connectivity index (χ3v) is 1.30. The van der Waals surface area contributed by atoms with Crippen LogP contribution in [-0.4, -0.2) is 14.7 Å². The summed E-state index contributed by atoms with van der Waals surface area (Å²) in [6.45, 7) is 3.96. The predicted molar refractivity (Wildman–Crippen MR) is 38.0 cm³/mol. The van der Waals surface area contributed by atoms with Crippen LogP contribution in [0.4, 0.5) is 0 Å². The Balaban J connectivity index is 3.13. The van der Waals surface area contributed by atoms with Crippen LogP contribution in [0.25, 0.3) is 0 Å². The van der Waals surface area contributed by atoms with Crippen molar-refractivity contribution < 1.29 is 5.11 Å². The Morgan fingerprint density at radius 2 is 2.14 bits per heavy atom. The smallest absolute Gasteiger partial charge is 0.217 e. The van der Waals surface area contributed by atoms with E-state index >= 15 is 0 Å². The van der Waals surface area contributed by atoms with Gasteiger partial charge in [-0.3, -0.25) is 0 Å². The van der Waals surface area contributed by atoms with E-state index in [4.69, 9.17) is 5.11 Å². The van der Waals surface area contributed by atoms with Crippen molar-refractivity contribution in [2.24, 2.45) is 0 Å². The lowest BCUT2D eigenvalue weighted by atomic mass is 10.6. The fourth-order valence-corrected chi connectivity index (χ4v) is 1.18. The fraction of sp³-hybridized carbons (Fsp3) is 0.750. The lowest BCUT2D eigenvalue weighted by Crippen LogP contribution is -1.91. The highest BCUT2D eigenvalue weighted by Crippen LogP contribution is 2.08. The van der Waals surface area contributed by atoms with Gasteiger partial charge in [-0.1, -0.05) is 25.6 Å². The van der Waals surface area contributed by atoms with Gasteiger partial charge in [-0.2, -0.15) is 0 Å². The summed E-state index contributed by atoms with van der Waals surface area (Å²) in [4.78, 5) is 0. The van der Waals surface area contributed by atoms with E-state index in [-0.39, 0.29) is 4.38 Å². The van der Waals surface area contributed by atoms with Gasteiger partial charge in [-0.05, 0) is 12.2 Å². The number of thioether (sulfide) groups is 1. The average molecular weight is 136 g/mol. The Morgan fingerprint density at radius 3 is 2.14 bits per heavy atom. The lowest BCUT2D eigenvalue weighted by molar-refractivity contribution is 0.585. The molecule has 0 rings (SSSR count). The van der Waals surface area contributed by atoms with Crippen LogP contribution in [0.15, 0.2) is 0 Å². The molecule has 0 aliphatic carbocycles. The minimum absolute atomic E-state index is 0.0370. The molecule has 42 valence electrons. The summed E-state index contributed by atoms with van der Waals surface area (Å²) >= 11 is 5.69. The van der Waals surface area contributed by atoms with Crippen molar-refractivity contribution in [3.05, 3.63) is 0 Å². The summed E-state index contributed by atoms with van der Waals surface area (Å²) in [5, 5.41) is 8.82. The molecule has 0 aliphatic rings. The number of hydrogen-bond acceptors (Lipinski definition) is 2. The molecular formula is C4H8OS2. The molecule has 0 radical (unpaired) electrons. The van der Waals surface area contributed by atoms with Crippen molar-refractivity contribution in [2.45, 2.75) is 19.1 Å². The van der Waals surface area contributed by atoms with Crippen LogP contribution in [-0.2, 0) is 0 Å². The molecule has 1 N–H and O–H groups in total. The van der Waals surface area contributed by atoms with Gasteiger partial charge in [0.1, 0.15) is 0 Å². The second-order valence-electron chi connectivity index (χ2n) is 1.43. The molecule has 0 bridgehead atoms. The Bertz CT molecular complexity index is 70.1. The predicted octanol–water partition coefficient (Wildman–Crippen LogP) is 1.97. The quantitative estimate of drug-likeness (QED) is 0.556. The number of aliphatic hydroxyl groups excluding tert-OH is 1. The van der Waals surface area contributed by atoms with Crippen LogP contribution in [0, 0.1) is 0 Å². The summed E-state index contributed by atoms with van der Waals surface area (Å²) in [7, 11) is 0. The van der Waals surface area contributed by atoms with Gasteiger partial charge in [0.2, 0.25) is 4.38 Å². The highest BCUT2D eigenvalue weighted by atomic mass is 32.2. The molecule has 0 aliphatic heterocycles. The van der Waals surface area contributed by atoms with Gasteiger partial charge in [0, 0.05) is 5.25 Å². The molecule has 0 spiro atoms. The number of rotatable bonds is 1. The SMILES string of the molecule is CC(C)SC(O)=S. The molecule has 0 aromatic carbocycles. The molecular weight excluding hydrogens is 128 g/mol. The third-order valence-electron chi connectivity index (χ3n) is 0.337. The van der Waals surface area contributed by atoms with Crippen LogP contribution < -0.4 is 0 Å². The Kier molecular flexibility index (Phi) is 3.38. The third kappa shape index (κ3) is 6.24. The molecule has 0 amide bonds. The first-order chi connectivity index (χ1) is 3.13. The Hall–Kier alpha value is 0.240. The second kappa shape index (κ2) is 3.27. The van der Waals surface area contributed by atoms with Crippen LogP contribution in [0.1, 0.15) is 13.8 Å². The molecule has 0 fully saturated rings. The van der Waals surface area contributed by atoms with E-state index in [1.165, 1.54) is 11.8 Å². The monoisotopic (exact) mass is 136 g/mol. The first-order valence-electron chi connectivity index (χ1n) is 2.02. The largest absolute Gasteiger partial charge is 0.494 e. The minimum atomic E-state index is 0.0370. The van der Waals surface area contributed by atoms with Gasteiger partial charge in [0.25, 0.3) is 0 Å². The summed E-state index contributed by atoms with van der Waals surface area (Å²) in [5.74, 6) is 0. The van der Waals surface area contributed by atoms with Crippen LogP contribution in [0.2, 0.25) is 0 Å². The standard InChI is InChI=1S/C4H8OS2/c1-3(2)7-4(5)6/h3H,1-2H3,(H,5,6). The van der Waals surface area contributed by atoms with Crippen molar-refractivity contribution in [2.75, 3.05) is 0 Å². The minimum Gasteiger partial charge on any atom is -0.494 e.